The van der Waals surface area contributed by atoms with E-state index in [1.165, 1.54) is 6.07 Å². The molecule has 0 saturated carbocycles. The lowest BCUT2D eigenvalue weighted by molar-refractivity contribution is -0.115. The molecule has 0 fully saturated rings. The van der Waals surface area contributed by atoms with E-state index in [1.807, 2.05) is 6.26 Å². The molecule has 0 radical (unpaired) electrons. The fraction of sp³-hybridized carbons (Fsp3) is 0.333. The second kappa shape index (κ2) is 6.30. The van der Waals surface area contributed by atoms with Crippen molar-refractivity contribution in [2.45, 2.75) is 13.3 Å². The van der Waals surface area contributed by atoms with Crippen molar-refractivity contribution in [1.29, 1.82) is 0 Å². The van der Waals surface area contributed by atoms with E-state index in [1.54, 1.807) is 30.8 Å². The zero-order valence-corrected chi connectivity index (χ0v) is 10.6. The van der Waals surface area contributed by atoms with Crippen LogP contribution in [0.4, 0.5) is 5.69 Å². The van der Waals surface area contributed by atoms with E-state index in [0.717, 1.165) is 5.75 Å². The molecule has 0 saturated heterocycles. The summed E-state index contributed by atoms with van der Waals surface area (Å²) < 4.78 is 0. The van der Waals surface area contributed by atoms with Crippen LogP contribution in [0, 0.1) is 6.92 Å². The minimum absolute atomic E-state index is 0.0539. The molecule has 1 aromatic rings. The Morgan fingerprint density at radius 2 is 2.12 bits per heavy atom. The molecule has 0 atom stereocenters. The summed E-state index contributed by atoms with van der Waals surface area (Å²) in [6.45, 7) is 1.71. The number of carboxylic acid groups (broad SMARTS) is 1. The molecule has 0 bridgehead atoms. The first kappa shape index (κ1) is 13.6. The molecule has 92 valence electrons. The van der Waals surface area contributed by atoms with Crippen molar-refractivity contribution in [3.05, 3.63) is 29.3 Å². The fourth-order valence-electron chi connectivity index (χ4n) is 1.40. The second-order valence-electron chi connectivity index (χ2n) is 3.63. The van der Waals surface area contributed by atoms with Crippen LogP contribution in [0.5, 0.6) is 0 Å². The van der Waals surface area contributed by atoms with E-state index in [9.17, 15) is 9.59 Å². The Bertz CT molecular complexity index is 432. The van der Waals surface area contributed by atoms with Gasteiger partial charge in [-0.05, 0) is 36.9 Å². The predicted octanol–water partition coefficient (Wildman–Crippen LogP) is 2.38. The van der Waals surface area contributed by atoms with E-state index in [0.29, 0.717) is 17.7 Å². The Labute approximate surface area is 104 Å². The van der Waals surface area contributed by atoms with Crippen molar-refractivity contribution in [2.24, 2.45) is 0 Å². The molecule has 4 nitrogen and oxygen atoms in total. The van der Waals surface area contributed by atoms with Crippen molar-refractivity contribution >= 4 is 29.3 Å². The quantitative estimate of drug-likeness (QED) is 0.845. The first-order chi connectivity index (χ1) is 8.04. The van der Waals surface area contributed by atoms with E-state index >= 15 is 0 Å². The SMILES string of the molecule is CSCCC(=O)Nc1ccc(C(=O)O)c(C)c1. The molecule has 0 aliphatic heterocycles. The topological polar surface area (TPSA) is 66.4 Å². The van der Waals surface area contributed by atoms with Crippen molar-refractivity contribution in [3.8, 4) is 0 Å². The molecule has 17 heavy (non-hydrogen) atoms. The van der Waals surface area contributed by atoms with Crippen LogP contribution in [-0.2, 0) is 4.79 Å². The summed E-state index contributed by atoms with van der Waals surface area (Å²) in [6.07, 6.45) is 2.40. The standard InChI is InChI=1S/C12H15NO3S/c1-8-7-9(3-4-10(8)12(15)16)13-11(14)5-6-17-2/h3-4,7H,5-6H2,1-2H3,(H,13,14)(H,15,16). The normalized spacial score (nSPS) is 10.0. The monoisotopic (exact) mass is 253 g/mol. The smallest absolute Gasteiger partial charge is 0.335 e. The number of thioether (sulfide) groups is 1. The first-order valence-corrected chi connectivity index (χ1v) is 6.56. The number of rotatable bonds is 5. The van der Waals surface area contributed by atoms with Gasteiger partial charge in [0.1, 0.15) is 0 Å². The number of aromatic carboxylic acids is 1. The van der Waals surface area contributed by atoms with Gasteiger partial charge >= 0.3 is 5.97 Å². The summed E-state index contributed by atoms with van der Waals surface area (Å²) in [4.78, 5) is 22.3. The molecule has 0 aromatic heterocycles. The van der Waals surface area contributed by atoms with Gasteiger partial charge in [0.15, 0.2) is 0 Å². The molecule has 2 N–H and O–H groups in total. The van der Waals surface area contributed by atoms with Crippen molar-refractivity contribution in [3.63, 3.8) is 0 Å². The Morgan fingerprint density at radius 1 is 1.41 bits per heavy atom. The van der Waals surface area contributed by atoms with Crippen LogP contribution < -0.4 is 5.32 Å². The Balaban J connectivity index is 2.70. The Morgan fingerprint density at radius 3 is 2.65 bits per heavy atom. The number of carbonyl (C=O) groups is 2. The Hall–Kier alpha value is -1.49. The van der Waals surface area contributed by atoms with Gasteiger partial charge in [-0.25, -0.2) is 4.79 Å². The van der Waals surface area contributed by atoms with E-state index in [4.69, 9.17) is 5.11 Å². The van der Waals surface area contributed by atoms with Crippen LogP contribution in [-0.4, -0.2) is 29.0 Å². The number of amides is 1. The van der Waals surface area contributed by atoms with Gasteiger partial charge in [0.05, 0.1) is 5.56 Å². The molecule has 1 aromatic carbocycles. The molecule has 1 rings (SSSR count). The lowest BCUT2D eigenvalue weighted by Crippen LogP contribution is -2.12. The molecule has 0 aliphatic rings. The maximum Gasteiger partial charge on any atom is 0.335 e. The minimum atomic E-state index is -0.956. The number of hydrogen-bond donors (Lipinski definition) is 2. The number of aryl methyl sites for hydroxylation is 1. The van der Waals surface area contributed by atoms with E-state index in [-0.39, 0.29) is 11.5 Å². The molecule has 0 spiro atoms. The number of nitrogens with one attached hydrogen (secondary N) is 1. The second-order valence-corrected chi connectivity index (χ2v) is 4.61. The van der Waals surface area contributed by atoms with Crippen LogP contribution in [0.2, 0.25) is 0 Å². The lowest BCUT2D eigenvalue weighted by atomic mass is 10.1. The van der Waals surface area contributed by atoms with Gasteiger partial charge in [-0.2, -0.15) is 11.8 Å². The zero-order valence-electron chi connectivity index (χ0n) is 9.82. The summed E-state index contributed by atoms with van der Waals surface area (Å²) in [5.41, 5.74) is 1.53. The first-order valence-electron chi connectivity index (χ1n) is 5.17. The fourth-order valence-corrected chi connectivity index (χ4v) is 1.79. The summed E-state index contributed by atoms with van der Waals surface area (Å²) >= 11 is 1.61. The number of anilines is 1. The average molecular weight is 253 g/mol. The highest BCUT2D eigenvalue weighted by Gasteiger charge is 2.08. The maximum atomic E-state index is 11.5. The van der Waals surface area contributed by atoms with Crippen LogP contribution >= 0.6 is 11.8 Å². The molecular weight excluding hydrogens is 238 g/mol. The van der Waals surface area contributed by atoms with E-state index in [2.05, 4.69) is 5.32 Å². The number of benzene rings is 1. The van der Waals surface area contributed by atoms with Gasteiger partial charge in [0.2, 0.25) is 5.91 Å². The van der Waals surface area contributed by atoms with Crippen LogP contribution in [0.3, 0.4) is 0 Å². The van der Waals surface area contributed by atoms with Crippen molar-refractivity contribution in [1.82, 2.24) is 0 Å². The van der Waals surface area contributed by atoms with Gasteiger partial charge < -0.3 is 10.4 Å². The zero-order chi connectivity index (χ0) is 12.8. The van der Waals surface area contributed by atoms with Gasteiger partial charge in [-0.15, -0.1) is 0 Å². The third-order valence-electron chi connectivity index (χ3n) is 2.27. The van der Waals surface area contributed by atoms with Crippen LogP contribution in [0.1, 0.15) is 22.3 Å². The number of carboxylic acids is 1. The van der Waals surface area contributed by atoms with Gasteiger partial charge in [0.25, 0.3) is 0 Å². The molecule has 0 heterocycles. The average Bonchev–Trinajstić information content (AvgIpc) is 2.26. The molecule has 0 unspecified atom stereocenters. The molecule has 1 amide bonds. The molecule has 5 heteroatoms. The highest BCUT2D eigenvalue weighted by Crippen LogP contribution is 2.15. The summed E-state index contributed by atoms with van der Waals surface area (Å²) in [7, 11) is 0. The van der Waals surface area contributed by atoms with Gasteiger partial charge in [-0.3, -0.25) is 4.79 Å². The van der Waals surface area contributed by atoms with Crippen LogP contribution in [0.15, 0.2) is 18.2 Å². The Kier molecular flexibility index (Phi) is 5.03. The third kappa shape index (κ3) is 4.11. The lowest BCUT2D eigenvalue weighted by Gasteiger charge is -2.07. The minimum Gasteiger partial charge on any atom is -0.478 e. The maximum absolute atomic E-state index is 11.5. The highest BCUT2D eigenvalue weighted by molar-refractivity contribution is 7.98. The van der Waals surface area contributed by atoms with Crippen LogP contribution in [0.25, 0.3) is 0 Å². The number of carbonyl (C=O) groups excluding carboxylic acids is 1. The molecular formula is C12H15NO3S. The summed E-state index contributed by atoms with van der Waals surface area (Å²) in [6, 6.07) is 4.77. The third-order valence-corrected chi connectivity index (χ3v) is 2.89. The molecule has 0 aliphatic carbocycles. The van der Waals surface area contributed by atoms with Gasteiger partial charge in [0, 0.05) is 17.9 Å². The van der Waals surface area contributed by atoms with E-state index < -0.39 is 5.97 Å². The van der Waals surface area contributed by atoms with Crippen molar-refractivity contribution in [2.75, 3.05) is 17.3 Å². The highest BCUT2D eigenvalue weighted by atomic mass is 32.2. The summed E-state index contributed by atoms with van der Waals surface area (Å²) in [5, 5.41) is 11.6. The number of hydrogen-bond acceptors (Lipinski definition) is 3. The van der Waals surface area contributed by atoms with Crippen molar-refractivity contribution < 1.29 is 14.7 Å². The van der Waals surface area contributed by atoms with Gasteiger partial charge in [-0.1, -0.05) is 0 Å². The largest absolute Gasteiger partial charge is 0.478 e. The summed E-state index contributed by atoms with van der Waals surface area (Å²) in [5.74, 6) is -0.234. The predicted molar refractivity (Wildman–Crippen MR) is 69.8 cm³/mol.